The molecule has 66 heavy (non-hydrogen) atoms. The predicted octanol–water partition coefficient (Wildman–Crippen LogP) is 11.0. The molecule has 2 unspecified atom stereocenters. The third-order valence-electron chi connectivity index (χ3n) is 11.6. The number of carbonyl (C=O) groups is 2. The first-order chi connectivity index (χ1) is 32.1. The van der Waals surface area contributed by atoms with Crippen LogP contribution < -0.4 is 33.2 Å². The monoisotopic (exact) mass is 930 g/mol. The predicted molar refractivity (Wildman–Crippen MR) is 257 cm³/mol. The van der Waals surface area contributed by atoms with Crippen molar-refractivity contribution < 1.29 is 42.7 Å². The fourth-order valence-electron chi connectivity index (χ4n) is 8.22. The van der Waals surface area contributed by atoms with Crippen LogP contribution >= 0.6 is 23.2 Å². The largest absolute Gasteiger partial charge is 0.497 e. The highest BCUT2D eigenvalue weighted by molar-refractivity contribution is 6.35. The Hall–Kier alpha value is -6.82. The normalized spacial score (nSPS) is 15.1. The highest BCUT2D eigenvalue weighted by atomic mass is 35.5. The van der Waals surface area contributed by atoms with E-state index in [0.717, 1.165) is 45.7 Å². The number of amides is 2. The zero-order chi connectivity index (χ0) is 46.7. The van der Waals surface area contributed by atoms with E-state index in [2.05, 4.69) is 6.08 Å². The molecule has 6 aromatic carbocycles. The van der Waals surface area contributed by atoms with Gasteiger partial charge in [-0.25, -0.2) is 0 Å². The number of benzene rings is 6. The highest BCUT2D eigenvalue weighted by Gasteiger charge is 2.34. The van der Waals surface area contributed by atoms with E-state index in [1.807, 2.05) is 114 Å². The summed E-state index contributed by atoms with van der Waals surface area (Å²) in [7, 11) is 9.73. The van der Waals surface area contributed by atoms with Crippen molar-refractivity contribution >= 4 is 41.1 Å². The van der Waals surface area contributed by atoms with Gasteiger partial charge in [-0.3, -0.25) is 9.59 Å². The first-order valence-corrected chi connectivity index (χ1v) is 22.0. The average molecular weight is 932 g/mol. The van der Waals surface area contributed by atoms with Gasteiger partial charge in [-0.05, 0) is 132 Å². The van der Waals surface area contributed by atoms with Crippen molar-refractivity contribution in [1.29, 1.82) is 0 Å². The van der Waals surface area contributed by atoms with Gasteiger partial charge in [0.1, 0.15) is 23.9 Å². The van der Waals surface area contributed by atoms with Crippen molar-refractivity contribution in [2.45, 2.75) is 24.9 Å². The van der Waals surface area contributed by atoms with E-state index in [4.69, 9.17) is 56.4 Å². The van der Waals surface area contributed by atoms with Crippen LogP contribution in [-0.4, -0.2) is 84.0 Å². The number of halogens is 2. The molecule has 0 bridgehead atoms. The summed E-state index contributed by atoms with van der Waals surface area (Å²) in [5, 5.41) is 0.816. The number of ether oxygens (including phenoxy) is 7. The van der Waals surface area contributed by atoms with Gasteiger partial charge in [-0.1, -0.05) is 65.7 Å². The Bertz CT molecular complexity index is 2640. The molecule has 342 valence electrons. The van der Waals surface area contributed by atoms with E-state index in [1.165, 1.54) is 0 Å². The number of hydrogen-bond donors (Lipinski definition) is 0. The van der Waals surface area contributed by atoms with Crippen LogP contribution in [0.15, 0.2) is 127 Å². The van der Waals surface area contributed by atoms with E-state index in [1.54, 1.807) is 65.8 Å². The van der Waals surface area contributed by atoms with Crippen LogP contribution in [0.25, 0.3) is 6.08 Å². The maximum atomic E-state index is 13.6. The molecule has 0 saturated carbocycles. The number of hydrogen-bond acceptors (Lipinski definition) is 9. The lowest BCUT2D eigenvalue weighted by molar-refractivity contribution is 0.0589. The molecule has 0 spiro atoms. The van der Waals surface area contributed by atoms with Crippen LogP contribution in [0.2, 0.25) is 10.0 Å². The first-order valence-electron chi connectivity index (χ1n) is 21.3. The van der Waals surface area contributed by atoms with Crippen molar-refractivity contribution in [2.75, 3.05) is 62.4 Å². The van der Waals surface area contributed by atoms with Gasteiger partial charge >= 0.3 is 0 Å². The molecule has 2 aliphatic rings. The minimum atomic E-state index is -0.365. The molecule has 0 radical (unpaired) electrons. The Morgan fingerprint density at radius 1 is 0.545 bits per heavy atom. The second-order valence-electron chi connectivity index (χ2n) is 15.4. The summed E-state index contributed by atoms with van der Waals surface area (Å²) in [5.41, 5.74) is 6.36. The maximum absolute atomic E-state index is 13.6. The van der Waals surface area contributed by atoms with Gasteiger partial charge in [0.15, 0.2) is 23.0 Å². The van der Waals surface area contributed by atoms with Crippen molar-refractivity contribution in [3.63, 3.8) is 0 Å². The average Bonchev–Trinajstić information content (AvgIpc) is 3.36. The fourth-order valence-corrected chi connectivity index (χ4v) is 8.74. The van der Waals surface area contributed by atoms with E-state index in [0.29, 0.717) is 69.4 Å². The Morgan fingerprint density at radius 3 is 1.59 bits per heavy atom. The van der Waals surface area contributed by atoms with Crippen LogP contribution in [0.1, 0.15) is 60.6 Å². The molecule has 0 fully saturated rings. The summed E-state index contributed by atoms with van der Waals surface area (Å²) >= 11 is 12.3. The minimum absolute atomic E-state index is 0.00964. The van der Waals surface area contributed by atoms with Crippen molar-refractivity contribution in [3.8, 4) is 40.2 Å². The summed E-state index contributed by atoms with van der Waals surface area (Å²) in [6.07, 6.45) is 5.53. The fraction of sp³-hybridized carbons (Fsp3) is 0.245. The molecule has 0 N–H and O–H groups in total. The van der Waals surface area contributed by atoms with Crippen LogP contribution in [0, 0.1) is 0 Å². The standard InChI is InChI=1S/C27H27NO4.C26H25Cl2NO5/c1-30-22-12-9-19(10-13-22)11-14-24-23-18-26(32-3)25(31-2)17-21(23)15-16-28(24)27(29)20-7-5-4-6-8-20;1-31-20-4-6-21(7-5-20)34-15-23-22-14-25(33-3)24(32-2)12-16(22)8-9-29(23)26(30)17-10-18(27)13-19(28)11-17/h4-14,17-18,24H,15-16H2,1-3H3;4-7,10-14,23H,8-9,15H2,1-3H3/b14-11+;. The molecule has 2 atom stereocenters. The topological polar surface area (TPSA) is 105 Å². The Balaban J connectivity index is 0.000000197. The van der Waals surface area contributed by atoms with Gasteiger partial charge in [0, 0.05) is 34.3 Å². The molecule has 6 aromatic rings. The van der Waals surface area contributed by atoms with Crippen molar-refractivity contribution in [2.24, 2.45) is 0 Å². The third-order valence-corrected chi connectivity index (χ3v) is 12.1. The number of fused-ring (bicyclic) bond motifs is 2. The number of rotatable bonds is 13. The molecule has 13 heteroatoms. The molecule has 2 aliphatic heterocycles. The molecule has 8 rings (SSSR count). The lowest BCUT2D eigenvalue weighted by Gasteiger charge is -2.37. The molecule has 2 heterocycles. The summed E-state index contributed by atoms with van der Waals surface area (Å²) in [6, 6.07) is 36.7. The number of nitrogens with zero attached hydrogens (tertiary/aromatic N) is 2. The van der Waals surface area contributed by atoms with Crippen LogP contribution in [0.4, 0.5) is 0 Å². The van der Waals surface area contributed by atoms with Gasteiger partial charge < -0.3 is 43.0 Å². The second kappa shape index (κ2) is 21.9. The van der Waals surface area contributed by atoms with Gasteiger partial charge in [0.05, 0.1) is 54.7 Å². The van der Waals surface area contributed by atoms with Gasteiger partial charge in [-0.2, -0.15) is 0 Å². The van der Waals surface area contributed by atoms with E-state index < -0.39 is 0 Å². The molecule has 2 amide bonds. The van der Waals surface area contributed by atoms with Gasteiger partial charge in [0.2, 0.25) is 0 Å². The van der Waals surface area contributed by atoms with Gasteiger partial charge in [0.25, 0.3) is 11.8 Å². The van der Waals surface area contributed by atoms with Gasteiger partial charge in [-0.15, -0.1) is 0 Å². The lowest BCUT2D eigenvalue weighted by Crippen LogP contribution is -2.42. The van der Waals surface area contributed by atoms with Crippen LogP contribution in [0.3, 0.4) is 0 Å². The lowest BCUT2D eigenvalue weighted by atomic mass is 9.90. The summed E-state index contributed by atoms with van der Waals surface area (Å²) in [4.78, 5) is 30.7. The Labute approximate surface area is 395 Å². The number of methoxy groups -OCH3 is 6. The second-order valence-corrected chi connectivity index (χ2v) is 16.3. The Kier molecular flexibility index (Phi) is 15.7. The van der Waals surface area contributed by atoms with E-state index >= 15 is 0 Å². The SMILES string of the molecule is COc1ccc(/C=C/C2c3cc(OC)c(OC)cc3CCN2C(=O)c2ccccc2)cc1.COc1ccc(OCC2c3cc(OC)c(OC)cc3CCN2C(=O)c2cc(Cl)cc(Cl)c2)cc1. The minimum Gasteiger partial charge on any atom is -0.497 e. The summed E-state index contributed by atoms with van der Waals surface area (Å²) < 4.78 is 38.7. The zero-order valence-corrected chi connectivity index (χ0v) is 39.2. The van der Waals surface area contributed by atoms with Crippen LogP contribution in [-0.2, 0) is 12.8 Å². The highest BCUT2D eigenvalue weighted by Crippen LogP contribution is 2.41. The molecular formula is C53H52Cl2N2O9. The quantitative estimate of drug-likeness (QED) is 0.112. The van der Waals surface area contributed by atoms with E-state index in [9.17, 15) is 9.59 Å². The summed E-state index contributed by atoms with van der Waals surface area (Å²) in [5.74, 6) is 4.66. The van der Waals surface area contributed by atoms with Crippen LogP contribution in [0.5, 0.6) is 40.2 Å². The maximum Gasteiger partial charge on any atom is 0.254 e. The van der Waals surface area contributed by atoms with E-state index in [-0.39, 0.29) is 30.5 Å². The molecule has 0 aromatic heterocycles. The third kappa shape index (κ3) is 10.8. The van der Waals surface area contributed by atoms with Crippen molar-refractivity contribution in [3.05, 3.63) is 176 Å². The smallest absolute Gasteiger partial charge is 0.254 e. The number of carbonyl (C=O) groups excluding carboxylic acids is 2. The Morgan fingerprint density at radius 2 is 1.03 bits per heavy atom. The van der Waals surface area contributed by atoms with Crippen molar-refractivity contribution in [1.82, 2.24) is 9.80 Å². The molecule has 0 aliphatic carbocycles. The molecular weight excluding hydrogens is 879 g/mol. The summed E-state index contributed by atoms with van der Waals surface area (Å²) in [6.45, 7) is 1.37. The molecule has 11 nitrogen and oxygen atoms in total. The zero-order valence-electron chi connectivity index (χ0n) is 37.7. The first kappa shape index (κ1) is 47.2. The molecule has 0 saturated heterocycles.